The number of nitrogens with zero attached hydrogens (tertiary/aromatic N) is 4. The molecule has 6 heteroatoms. The second kappa shape index (κ2) is 7.05. The second-order valence-corrected chi connectivity index (χ2v) is 5.93. The fourth-order valence-electron chi connectivity index (χ4n) is 3.22. The van der Waals surface area contributed by atoms with Crippen molar-refractivity contribution in [3.05, 3.63) is 18.0 Å². The van der Waals surface area contributed by atoms with Gasteiger partial charge < -0.3 is 14.5 Å². The highest BCUT2D eigenvalue weighted by atomic mass is 16.5. The normalized spacial score (nSPS) is 22.7. The number of carbonyl (C=O) groups excluding carboxylic acids is 1. The number of aromatic nitrogens is 2. The Morgan fingerprint density at radius 3 is 2.64 bits per heavy atom. The molecule has 1 amide bonds. The number of ether oxygens (including phenoxy) is 1. The van der Waals surface area contributed by atoms with Crippen LogP contribution in [0.3, 0.4) is 0 Å². The van der Waals surface area contributed by atoms with E-state index in [2.05, 4.69) is 21.8 Å². The first kappa shape index (κ1) is 15.2. The highest BCUT2D eigenvalue weighted by Crippen LogP contribution is 2.21. The van der Waals surface area contributed by atoms with E-state index in [-0.39, 0.29) is 5.91 Å². The summed E-state index contributed by atoms with van der Waals surface area (Å²) in [5, 5.41) is 0. The van der Waals surface area contributed by atoms with Gasteiger partial charge in [-0.3, -0.25) is 4.79 Å². The first-order valence-corrected chi connectivity index (χ1v) is 8.25. The van der Waals surface area contributed by atoms with Crippen molar-refractivity contribution in [3.63, 3.8) is 0 Å². The molecule has 0 aliphatic carbocycles. The summed E-state index contributed by atoms with van der Waals surface area (Å²) in [6, 6.07) is 0.361. The third-order valence-electron chi connectivity index (χ3n) is 4.54. The monoisotopic (exact) mass is 304 g/mol. The predicted octanol–water partition coefficient (Wildman–Crippen LogP) is 1.72. The Kier molecular flexibility index (Phi) is 4.87. The molecule has 0 aromatic carbocycles. The molecule has 3 rings (SSSR count). The molecule has 1 aromatic heterocycles. The van der Waals surface area contributed by atoms with E-state index in [1.54, 1.807) is 12.4 Å². The Hall–Kier alpha value is -1.69. The van der Waals surface area contributed by atoms with Crippen molar-refractivity contribution in [2.45, 2.75) is 38.6 Å². The summed E-state index contributed by atoms with van der Waals surface area (Å²) < 4.78 is 5.33. The fraction of sp³-hybridized carbons (Fsp3) is 0.688. The first-order chi connectivity index (χ1) is 10.8. The average Bonchev–Trinajstić information content (AvgIpc) is 2.62. The van der Waals surface area contributed by atoms with Crippen LogP contribution in [0.1, 0.15) is 43.0 Å². The van der Waals surface area contributed by atoms with E-state index in [9.17, 15) is 4.79 Å². The number of hydrogen-bond donors (Lipinski definition) is 0. The van der Waals surface area contributed by atoms with Gasteiger partial charge in [-0.2, -0.15) is 0 Å². The van der Waals surface area contributed by atoms with Gasteiger partial charge in [0.25, 0.3) is 5.91 Å². The Morgan fingerprint density at radius 2 is 1.95 bits per heavy atom. The number of likely N-dealkylation sites (tertiary alicyclic amines) is 1. The molecule has 1 atom stereocenters. The minimum Gasteiger partial charge on any atom is -0.378 e. The van der Waals surface area contributed by atoms with E-state index in [0.717, 1.165) is 38.9 Å². The van der Waals surface area contributed by atoms with Crippen LogP contribution in [0, 0.1) is 0 Å². The average molecular weight is 304 g/mol. The van der Waals surface area contributed by atoms with Gasteiger partial charge in [-0.15, -0.1) is 0 Å². The molecule has 6 nitrogen and oxygen atoms in total. The van der Waals surface area contributed by atoms with Gasteiger partial charge in [-0.05, 0) is 25.7 Å². The molecule has 0 spiro atoms. The van der Waals surface area contributed by atoms with Crippen molar-refractivity contribution in [1.29, 1.82) is 0 Å². The van der Waals surface area contributed by atoms with Gasteiger partial charge in [0.15, 0.2) is 0 Å². The molecule has 0 bridgehead atoms. The van der Waals surface area contributed by atoms with Crippen molar-refractivity contribution in [3.8, 4) is 0 Å². The smallest absolute Gasteiger partial charge is 0.257 e. The minimum atomic E-state index is 0.0695. The quantitative estimate of drug-likeness (QED) is 0.851. The lowest BCUT2D eigenvalue weighted by Gasteiger charge is -2.35. The molecule has 1 unspecified atom stereocenters. The van der Waals surface area contributed by atoms with Gasteiger partial charge in [0.2, 0.25) is 5.95 Å². The third kappa shape index (κ3) is 3.21. The standard InChI is InChI=1S/C16H24N4O2/c1-2-14-5-3-4-6-20(14)15(21)13-11-17-16(18-12-13)19-7-9-22-10-8-19/h11-12,14H,2-10H2,1H3. The molecule has 0 radical (unpaired) electrons. The summed E-state index contributed by atoms with van der Waals surface area (Å²) in [7, 11) is 0. The summed E-state index contributed by atoms with van der Waals surface area (Å²) in [6.45, 7) is 6.01. The lowest BCUT2D eigenvalue weighted by Crippen LogP contribution is -2.43. The summed E-state index contributed by atoms with van der Waals surface area (Å²) in [4.78, 5) is 25.5. The Bertz CT molecular complexity index is 499. The molecule has 2 fully saturated rings. The zero-order chi connectivity index (χ0) is 15.4. The molecule has 22 heavy (non-hydrogen) atoms. The summed E-state index contributed by atoms with van der Waals surface area (Å²) in [6.07, 6.45) is 7.76. The van der Waals surface area contributed by atoms with Crippen LogP contribution in [-0.4, -0.2) is 59.7 Å². The SMILES string of the molecule is CCC1CCCCN1C(=O)c1cnc(N2CCOCC2)nc1. The zero-order valence-electron chi connectivity index (χ0n) is 13.2. The van der Waals surface area contributed by atoms with Crippen LogP contribution in [-0.2, 0) is 4.74 Å². The maximum Gasteiger partial charge on any atom is 0.257 e. The summed E-state index contributed by atoms with van der Waals surface area (Å²) in [5.74, 6) is 0.755. The maximum absolute atomic E-state index is 12.7. The molecule has 120 valence electrons. The van der Waals surface area contributed by atoms with Gasteiger partial charge in [-0.1, -0.05) is 6.92 Å². The van der Waals surface area contributed by atoms with Crippen LogP contribution in [0.5, 0.6) is 0 Å². The lowest BCUT2D eigenvalue weighted by atomic mass is 9.99. The van der Waals surface area contributed by atoms with Crippen LogP contribution in [0.4, 0.5) is 5.95 Å². The Balaban J connectivity index is 1.70. The minimum absolute atomic E-state index is 0.0695. The summed E-state index contributed by atoms with van der Waals surface area (Å²) in [5.41, 5.74) is 0.595. The van der Waals surface area contributed by atoms with E-state index >= 15 is 0 Å². The van der Waals surface area contributed by atoms with Crippen molar-refractivity contribution < 1.29 is 9.53 Å². The van der Waals surface area contributed by atoms with E-state index in [1.165, 1.54) is 6.42 Å². The van der Waals surface area contributed by atoms with E-state index in [0.29, 0.717) is 30.8 Å². The summed E-state index contributed by atoms with van der Waals surface area (Å²) >= 11 is 0. The Morgan fingerprint density at radius 1 is 1.23 bits per heavy atom. The Labute approximate surface area is 131 Å². The van der Waals surface area contributed by atoms with Crippen molar-refractivity contribution in [1.82, 2.24) is 14.9 Å². The van der Waals surface area contributed by atoms with Crippen molar-refractivity contribution >= 4 is 11.9 Å². The number of hydrogen-bond acceptors (Lipinski definition) is 5. The first-order valence-electron chi connectivity index (χ1n) is 8.25. The fourth-order valence-corrected chi connectivity index (χ4v) is 3.22. The van der Waals surface area contributed by atoms with Gasteiger partial charge in [0.05, 0.1) is 18.8 Å². The van der Waals surface area contributed by atoms with Crippen molar-refractivity contribution in [2.75, 3.05) is 37.7 Å². The molecule has 3 heterocycles. The van der Waals surface area contributed by atoms with E-state index < -0.39 is 0 Å². The lowest BCUT2D eigenvalue weighted by molar-refractivity contribution is 0.0607. The van der Waals surface area contributed by atoms with Crippen LogP contribution < -0.4 is 4.90 Å². The topological polar surface area (TPSA) is 58.6 Å². The molecular weight excluding hydrogens is 280 g/mol. The molecule has 1 aromatic rings. The third-order valence-corrected chi connectivity index (χ3v) is 4.54. The van der Waals surface area contributed by atoms with Gasteiger partial charge in [0, 0.05) is 38.1 Å². The van der Waals surface area contributed by atoms with Crippen LogP contribution in [0.2, 0.25) is 0 Å². The molecular formula is C16H24N4O2. The number of piperidine rings is 1. The van der Waals surface area contributed by atoms with Crippen LogP contribution in [0.25, 0.3) is 0 Å². The van der Waals surface area contributed by atoms with Gasteiger partial charge in [-0.25, -0.2) is 9.97 Å². The number of carbonyl (C=O) groups is 1. The molecule has 2 aliphatic rings. The van der Waals surface area contributed by atoms with Gasteiger partial charge in [0.1, 0.15) is 0 Å². The van der Waals surface area contributed by atoms with E-state index in [1.807, 2.05) is 4.90 Å². The molecule has 2 saturated heterocycles. The predicted molar refractivity (Wildman–Crippen MR) is 84.0 cm³/mol. The highest BCUT2D eigenvalue weighted by molar-refractivity contribution is 5.94. The van der Waals surface area contributed by atoms with Gasteiger partial charge >= 0.3 is 0 Å². The largest absolute Gasteiger partial charge is 0.378 e. The number of amides is 1. The van der Waals surface area contributed by atoms with Crippen LogP contribution >= 0.6 is 0 Å². The van der Waals surface area contributed by atoms with Crippen LogP contribution in [0.15, 0.2) is 12.4 Å². The number of rotatable bonds is 3. The number of anilines is 1. The molecule has 0 saturated carbocycles. The number of morpholine rings is 1. The maximum atomic E-state index is 12.7. The molecule has 0 N–H and O–H groups in total. The zero-order valence-corrected chi connectivity index (χ0v) is 13.2. The second-order valence-electron chi connectivity index (χ2n) is 5.93. The molecule has 2 aliphatic heterocycles. The van der Waals surface area contributed by atoms with E-state index in [4.69, 9.17) is 4.74 Å². The van der Waals surface area contributed by atoms with Crippen molar-refractivity contribution in [2.24, 2.45) is 0 Å². The highest BCUT2D eigenvalue weighted by Gasteiger charge is 2.26.